The fourth-order valence-corrected chi connectivity index (χ4v) is 4.99. The molecular weight excluding hydrogens is 384 g/mol. The third-order valence-corrected chi connectivity index (χ3v) is 6.69. The van der Waals surface area contributed by atoms with Crippen LogP contribution in [0.25, 0.3) is 11.4 Å². The highest BCUT2D eigenvalue weighted by Gasteiger charge is 2.31. The minimum absolute atomic E-state index is 0.0886. The number of aliphatic hydroxyl groups excluding tert-OH is 1. The van der Waals surface area contributed by atoms with Gasteiger partial charge in [-0.15, -0.1) is 11.3 Å². The summed E-state index contributed by atoms with van der Waals surface area (Å²) in [6.07, 6.45) is 6.82. The predicted octanol–water partition coefficient (Wildman–Crippen LogP) is 3.42. The highest BCUT2D eigenvalue weighted by Crippen LogP contribution is 2.35. The molecule has 0 radical (unpaired) electrons. The fourth-order valence-electron chi connectivity index (χ4n) is 4.26. The molecule has 1 fully saturated rings. The maximum atomic E-state index is 10.7. The van der Waals surface area contributed by atoms with Gasteiger partial charge in [-0.25, -0.2) is 9.97 Å². The summed E-state index contributed by atoms with van der Waals surface area (Å²) in [5, 5.41) is 12.7. The number of fused-ring (bicyclic) bond motifs is 1. The number of rotatable bonds is 5. The van der Waals surface area contributed by atoms with Crippen molar-refractivity contribution in [2.75, 3.05) is 24.7 Å². The molecule has 0 amide bonds. The van der Waals surface area contributed by atoms with Gasteiger partial charge in [0.05, 0.1) is 25.4 Å². The first-order valence-electron chi connectivity index (χ1n) is 10.2. The maximum Gasteiger partial charge on any atom is 0.161 e. The van der Waals surface area contributed by atoms with E-state index in [2.05, 4.69) is 9.88 Å². The Kier molecular flexibility index (Phi) is 5.26. The third kappa shape index (κ3) is 3.77. The normalized spacial score (nSPS) is 19.9. The Bertz CT molecular complexity index is 964. The van der Waals surface area contributed by atoms with Crippen LogP contribution < -0.4 is 4.90 Å². The van der Waals surface area contributed by atoms with E-state index in [1.54, 1.807) is 23.7 Å². The zero-order valence-corrected chi connectivity index (χ0v) is 17.0. The molecule has 6 nitrogen and oxygen atoms in total. The predicted molar refractivity (Wildman–Crippen MR) is 113 cm³/mol. The largest absolute Gasteiger partial charge is 0.387 e. The zero-order valence-electron chi connectivity index (χ0n) is 16.2. The molecule has 1 aliphatic carbocycles. The molecule has 0 bridgehead atoms. The SMILES string of the molecule is OC(CC1COCCN1c1nc(-c2ccncc2)nc2c1CCC2)c1cccs1. The first kappa shape index (κ1) is 18.7. The molecular formula is C22H24N4O2S. The highest BCUT2D eigenvalue weighted by atomic mass is 32.1. The van der Waals surface area contributed by atoms with Crippen molar-refractivity contribution < 1.29 is 9.84 Å². The Labute approximate surface area is 174 Å². The van der Waals surface area contributed by atoms with Crippen LogP contribution in [-0.2, 0) is 17.6 Å². The van der Waals surface area contributed by atoms with Crippen LogP contribution >= 0.6 is 11.3 Å². The molecule has 0 spiro atoms. The summed E-state index contributed by atoms with van der Waals surface area (Å²) >= 11 is 1.60. The summed E-state index contributed by atoms with van der Waals surface area (Å²) in [6.45, 7) is 2.06. The summed E-state index contributed by atoms with van der Waals surface area (Å²) in [7, 11) is 0. The number of aliphatic hydroxyl groups is 1. The number of thiophene rings is 1. The number of hydrogen-bond donors (Lipinski definition) is 1. The van der Waals surface area contributed by atoms with Gasteiger partial charge in [-0.3, -0.25) is 4.98 Å². The second-order valence-electron chi connectivity index (χ2n) is 7.57. The lowest BCUT2D eigenvalue weighted by Crippen LogP contribution is -2.47. The van der Waals surface area contributed by atoms with Crippen molar-refractivity contribution in [3.8, 4) is 11.4 Å². The number of hydrogen-bond acceptors (Lipinski definition) is 7. The second kappa shape index (κ2) is 8.18. The Balaban J connectivity index is 1.50. The molecule has 2 unspecified atom stereocenters. The maximum absolute atomic E-state index is 10.7. The molecule has 150 valence electrons. The van der Waals surface area contributed by atoms with Gasteiger partial charge >= 0.3 is 0 Å². The van der Waals surface area contributed by atoms with Crippen molar-refractivity contribution >= 4 is 17.2 Å². The van der Waals surface area contributed by atoms with Gasteiger partial charge in [-0.05, 0) is 42.8 Å². The van der Waals surface area contributed by atoms with Crippen LogP contribution in [0.5, 0.6) is 0 Å². The van der Waals surface area contributed by atoms with Gasteiger partial charge in [-0.2, -0.15) is 0 Å². The van der Waals surface area contributed by atoms with Crippen molar-refractivity contribution in [1.82, 2.24) is 15.0 Å². The summed E-state index contributed by atoms with van der Waals surface area (Å²) in [4.78, 5) is 17.3. The molecule has 1 N–H and O–H groups in total. The molecule has 3 aromatic heterocycles. The van der Waals surface area contributed by atoms with Gasteiger partial charge in [0.15, 0.2) is 5.82 Å². The van der Waals surface area contributed by atoms with E-state index >= 15 is 0 Å². The second-order valence-corrected chi connectivity index (χ2v) is 8.55. The van der Waals surface area contributed by atoms with Gasteiger partial charge in [0.1, 0.15) is 5.82 Å². The molecule has 4 heterocycles. The average Bonchev–Trinajstić information content (AvgIpc) is 3.46. The van der Waals surface area contributed by atoms with Crippen molar-refractivity contribution in [3.05, 3.63) is 58.2 Å². The van der Waals surface area contributed by atoms with Gasteiger partial charge in [-0.1, -0.05) is 6.07 Å². The van der Waals surface area contributed by atoms with Crippen molar-refractivity contribution in [1.29, 1.82) is 0 Å². The number of nitrogens with zero attached hydrogens (tertiary/aromatic N) is 4. The lowest BCUT2D eigenvalue weighted by atomic mass is 10.0. The van der Waals surface area contributed by atoms with E-state index in [0.29, 0.717) is 19.6 Å². The van der Waals surface area contributed by atoms with E-state index in [1.165, 1.54) is 5.56 Å². The molecule has 5 rings (SSSR count). The monoisotopic (exact) mass is 408 g/mol. The van der Waals surface area contributed by atoms with Crippen LogP contribution in [0, 0.1) is 0 Å². The topological polar surface area (TPSA) is 71.4 Å². The number of anilines is 1. The third-order valence-electron chi connectivity index (χ3n) is 5.72. The molecule has 7 heteroatoms. The molecule has 0 saturated carbocycles. The molecule has 2 atom stereocenters. The van der Waals surface area contributed by atoms with E-state index in [9.17, 15) is 5.11 Å². The average molecular weight is 409 g/mol. The standard InChI is InChI=1S/C22H24N4O2S/c27-19(20-5-2-12-29-20)13-16-14-28-11-10-26(16)22-17-3-1-4-18(17)24-21(25-22)15-6-8-23-9-7-15/h2,5-9,12,16,19,27H,1,3-4,10-11,13-14H2. The number of morpholine rings is 1. The van der Waals surface area contributed by atoms with Gasteiger partial charge in [0.25, 0.3) is 0 Å². The Morgan fingerprint density at radius 1 is 1.21 bits per heavy atom. The molecule has 1 saturated heterocycles. The van der Waals surface area contributed by atoms with Gasteiger partial charge in [0, 0.05) is 47.1 Å². The van der Waals surface area contributed by atoms with Crippen molar-refractivity contribution in [3.63, 3.8) is 0 Å². The van der Waals surface area contributed by atoms with Crippen LogP contribution in [0.1, 0.15) is 35.1 Å². The minimum atomic E-state index is -0.487. The van der Waals surface area contributed by atoms with Crippen LogP contribution in [0.3, 0.4) is 0 Å². The number of ether oxygens (including phenoxy) is 1. The first-order valence-corrected chi connectivity index (χ1v) is 11.0. The highest BCUT2D eigenvalue weighted by molar-refractivity contribution is 7.10. The smallest absolute Gasteiger partial charge is 0.161 e. The van der Waals surface area contributed by atoms with Crippen LogP contribution in [0.15, 0.2) is 42.0 Å². The lowest BCUT2D eigenvalue weighted by molar-refractivity contribution is 0.0683. The summed E-state index contributed by atoms with van der Waals surface area (Å²) in [6, 6.07) is 7.98. The molecule has 0 aromatic carbocycles. The van der Waals surface area contributed by atoms with Crippen molar-refractivity contribution in [2.24, 2.45) is 0 Å². The Morgan fingerprint density at radius 3 is 2.93 bits per heavy atom. The van der Waals surface area contributed by atoms with Crippen LogP contribution in [0.4, 0.5) is 5.82 Å². The number of aromatic nitrogens is 3. The van der Waals surface area contributed by atoms with Crippen LogP contribution in [-0.4, -0.2) is 45.9 Å². The van der Waals surface area contributed by atoms with Gasteiger partial charge < -0.3 is 14.7 Å². The van der Waals surface area contributed by atoms with E-state index < -0.39 is 6.10 Å². The first-order chi connectivity index (χ1) is 14.3. The van der Waals surface area contributed by atoms with Crippen molar-refractivity contribution in [2.45, 2.75) is 37.8 Å². The Hall–Kier alpha value is -2.35. The summed E-state index contributed by atoms with van der Waals surface area (Å²) in [5.41, 5.74) is 3.41. The molecule has 3 aromatic rings. The van der Waals surface area contributed by atoms with Gasteiger partial charge in [0.2, 0.25) is 0 Å². The lowest BCUT2D eigenvalue weighted by Gasteiger charge is -2.38. The van der Waals surface area contributed by atoms with E-state index in [0.717, 1.165) is 53.6 Å². The summed E-state index contributed by atoms with van der Waals surface area (Å²) < 4.78 is 5.79. The fraction of sp³-hybridized carbons (Fsp3) is 0.409. The van der Waals surface area contributed by atoms with E-state index in [4.69, 9.17) is 14.7 Å². The quantitative estimate of drug-likeness (QED) is 0.698. The molecule has 2 aliphatic rings. The number of pyridine rings is 1. The number of aryl methyl sites for hydroxylation is 1. The zero-order chi connectivity index (χ0) is 19.6. The summed E-state index contributed by atoms with van der Waals surface area (Å²) in [5.74, 6) is 1.78. The molecule has 1 aliphatic heterocycles. The Morgan fingerprint density at radius 2 is 2.10 bits per heavy atom. The molecule has 29 heavy (non-hydrogen) atoms. The van der Waals surface area contributed by atoms with Crippen LogP contribution in [0.2, 0.25) is 0 Å². The van der Waals surface area contributed by atoms with E-state index in [-0.39, 0.29) is 6.04 Å². The minimum Gasteiger partial charge on any atom is -0.387 e. The van der Waals surface area contributed by atoms with E-state index in [1.807, 2.05) is 29.6 Å².